The fourth-order valence-corrected chi connectivity index (χ4v) is 2.72. The maximum atomic E-state index is 4.29. The van der Waals surface area contributed by atoms with E-state index in [0.29, 0.717) is 6.04 Å². The lowest BCUT2D eigenvalue weighted by Crippen LogP contribution is -2.26. The Kier molecular flexibility index (Phi) is 5.08. The van der Waals surface area contributed by atoms with Gasteiger partial charge in [0.2, 0.25) is 0 Å². The minimum absolute atomic E-state index is 0.328. The lowest BCUT2D eigenvalue weighted by atomic mass is 9.89. The van der Waals surface area contributed by atoms with Crippen LogP contribution in [0.3, 0.4) is 0 Å². The number of allylic oxidation sites excluding steroid dienone is 1. The molecule has 3 heteroatoms. The largest absolute Gasteiger partial charge is 0.306 e. The molecule has 1 atom stereocenters. The van der Waals surface area contributed by atoms with Crippen molar-refractivity contribution in [1.82, 2.24) is 15.5 Å². The van der Waals surface area contributed by atoms with E-state index in [0.717, 1.165) is 24.4 Å². The van der Waals surface area contributed by atoms with Crippen molar-refractivity contribution in [2.75, 3.05) is 6.54 Å². The summed E-state index contributed by atoms with van der Waals surface area (Å²) in [6, 6.07) is 2.51. The first-order chi connectivity index (χ1) is 9.22. The second kappa shape index (κ2) is 6.80. The van der Waals surface area contributed by atoms with E-state index in [9.17, 15) is 0 Å². The van der Waals surface area contributed by atoms with Gasteiger partial charge in [-0.25, -0.2) is 0 Å². The molecule has 1 aromatic rings. The summed E-state index contributed by atoms with van der Waals surface area (Å²) in [5, 5.41) is 12.1. The van der Waals surface area contributed by atoms with E-state index < -0.39 is 0 Å². The van der Waals surface area contributed by atoms with Crippen LogP contribution >= 0.6 is 0 Å². The van der Waals surface area contributed by atoms with E-state index in [2.05, 4.69) is 41.5 Å². The SMILES string of the molecule is CCCNC(C1=CCCCC1)c1cc(C)nnc1C. The van der Waals surface area contributed by atoms with E-state index >= 15 is 0 Å². The molecule has 1 aromatic heterocycles. The number of rotatable bonds is 5. The Morgan fingerprint density at radius 2 is 2.11 bits per heavy atom. The lowest BCUT2D eigenvalue weighted by Gasteiger charge is -2.26. The van der Waals surface area contributed by atoms with Crippen molar-refractivity contribution in [3.05, 3.63) is 34.7 Å². The number of nitrogens with zero attached hydrogens (tertiary/aromatic N) is 2. The van der Waals surface area contributed by atoms with E-state index in [1.54, 1.807) is 0 Å². The number of nitrogens with one attached hydrogen (secondary N) is 1. The Morgan fingerprint density at radius 1 is 1.26 bits per heavy atom. The Hall–Kier alpha value is -1.22. The average molecular weight is 259 g/mol. The lowest BCUT2D eigenvalue weighted by molar-refractivity contribution is 0.541. The van der Waals surface area contributed by atoms with Crippen molar-refractivity contribution in [1.29, 1.82) is 0 Å². The van der Waals surface area contributed by atoms with Crippen molar-refractivity contribution in [3.63, 3.8) is 0 Å². The monoisotopic (exact) mass is 259 g/mol. The van der Waals surface area contributed by atoms with E-state index in [4.69, 9.17) is 0 Å². The molecule has 19 heavy (non-hydrogen) atoms. The molecule has 1 unspecified atom stereocenters. The normalized spacial score (nSPS) is 17.1. The van der Waals surface area contributed by atoms with E-state index in [1.165, 1.54) is 36.8 Å². The molecule has 104 valence electrons. The molecule has 1 heterocycles. The smallest absolute Gasteiger partial charge is 0.0651 e. The highest BCUT2D eigenvalue weighted by Gasteiger charge is 2.20. The molecule has 0 bridgehead atoms. The Labute approximate surface area is 116 Å². The van der Waals surface area contributed by atoms with Gasteiger partial charge >= 0.3 is 0 Å². The summed E-state index contributed by atoms with van der Waals surface area (Å²) in [7, 11) is 0. The van der Waals surface area contributed by atoms with Gasteiger partial charge < -0.3 is 5.32 Å². The second-order valence-corrected chi connectivity index (χ2v) is 5.44. The van der Waals surface area contributed by atoms with Crippen LogP contribution in [0.15, 0.2) is 17.7 Å². The fourth-order valence-electron chi connectivity index (χ4n) is 2.72. The molecule has 0 fully saturated rings. The summed E-state index contributed by atoms with van der Waals surface area (Å²) in [4.78, 5) is 0. The molecule has 0 saturated heterocycles. The van der Waals surface area contributed by atoms with Crippen molar-refractivity contribution in [2.24, 2.45) is 0 Å². The van der Waals surface area contributed by atoms with E-state index in [-0.39, 0.29) is 0 Å². The third kappa shape index (κ3) is 3.63. The first kappa shape index (κ1) is 14.2. The van der Waals surface area contributed by atoms with Crippen molar-refractivity contribution >= 4 is 0 Å². The minimum Gasteiger partial charge on any atom is -0.306 e. The van der Waals surface area contributed by atoms with Crippen LogP contribution < -0.4 is 5.32 Å². The number of aryl methyl sites for hydroxylation is 2. The molecule has 1 aliphatic carbocycles. The van der Waals surface area contributed by atoms with Crippen LogP contribution in [-0.4, -0.2) is 16.7 Å². The van der Waals surface area contributed by atoms with Gasteiger partial charge in [-0.1, -0.05) is 18.6 Å². The average Bonchev–Trinajstić information content (AvgIpc) is 2.44. The first-order valence-corrected chi connectivity index (χ1v) is 7.45. The Bertz CT molecular complexity index is 451. The number of hydrogen-bond acceptors (Lipinski definition) is 3. The summed E-state index contributed by atoms with van der Waals surface area (Å²) < 4.78 is 0. The predicted molar refractivity (Wildman–Crippen MR) is 79.1 cm³/mol. The molecule has 0 aromatic carbocycles. The van der Waals surface area contributed by atoms with Crippen LogP contribution in [0.1, 0.15) is 62.0 Å². The van der Waals surface area contributed by atoms with Crippen LogP contribution in [0, 0.1) is 13.8 Å². The molecule has 1 aliphatic rings. The highest BCUT2D eigenvalue weighted by atomic mass is 15.1. The van der Waals surface area contributed by atoms with Gasteiger partial charge in [-0.2, -0.15) is 10.2 Å². The van der Waals surface area contributed by atoms with Crippen LogP contribution in [0.4, 0.5) is 0 Å². The van der Waals surface area contributed by atoms with Crippen LogP contribution in [-0.2, 0) is 0 Å². The van der Waals surface area contributed by atoms with Gasteiger partial charge in [0.25, 0.3) is 0 Å². The summed E-state index contributed by atoms with van der Waals surface area (Å²) in [5.74, 6) is 0. The van der Waals surface area contributed by atoms with Crippen LogP contribution in [0.2, 0.25) is 0 Å². The van der Waals surface area contributed by atoms with Crippen molar-refractivity contribution in [2.45, 2.75) is 58.9 Å². The zero-order valence-corrected chi connectivity index (χ0v) is 12.4. The van der Waals surface area contributed by atoms with E-state index in [1.807, 2.05) is 6.92 Å². The summed E-state index contributed by atoms with van der Waals surface area (Å²) in [6.45, 7) is 7.33. The minimum atomic E-state index is 0.328. The van der Waals surface area contributed by atoms with Crippen molar-refractivity contribution in [3.8, 4) is 0 Å². The molecule has 0 radical (unpaired) electrons. The molecular weight excluding hydrogens is 234 g/mol. The number of aromatic nitrogens is 2. The maximum absolute atomic E-state index is 4.29. The van der Waals surface area contributed by atoms with Gasteiger partial charge in [-0.05, 0) is 64.1 Å². The molecule has 3 nitrogen and oxygen atoms in total. The maximum Gasteiger partial charge on any atom is 0.0651 e. The summed E-state index contributed by atoms with van der Waals surface area (Å²) in [5.41, 5.74) is 4.88. The first-order valence-electron chi connectivity index (χ1n) is 7.45. The molecule has 2 rings (SSSR count). The Morgan fingerprint density at radius 3 is 2.79 bits per heavy atom. The van der Waals surface area contributed by atoms with Gasteiger partial charge in [0.05, 0.1) is 17.4 Å². The zero-order valence-electron chi connectivity index (χ0n) is 12.4. The molecule has 0 aliphatic heterocycles. The molecule has 0 spiro atoms. The molecule has 0 saturated carbocycles. The van der Waals surface area contributed by atoms with Gasteiger partial charge in [0.1, 0.15) is 0 Å². The quantitative estimate of drug-likeness (QED) is 0.820. The summed E-state index contributed by atoms with van der Waals surface area (Å²) in [6.07, 6.45) is 8.65. The van der Waals surface area contributed by atoms with Crippen LogP contribution in [0.5, 0.6) is 0 Å². The van der Waals surface area contributed by atoms with Crippen LogP contribution in [0.25, 0.3) is 0 Å². The summed E-state index contributed by atoms with van der Waals surface area (Å²) >= 11 is 0. The zero-order chi connectivity index (χ0) is 13.7. The highest BCUT2D eigenvalue weighted by Crippen LogP contribution is 2.31. The topological polar surface area (TPSA) is 37.8 Å². The standard InChI is InChI=1S/C16H25N3/c1-4-10-17-16(14-8-6-5-7-9-14)15-11-12(2)18-19-13(15)3/h8,11,16-17H,4-7,9-10H2,1-3H3. The predicted octanol–water partition coefficient (Wildman–Crippen LogP) is 3.63. The van der Waals surface area contributed by atoms with Gasteiger partial charge in [-0.15, -0.1) is 0 Å². The second-order valence-electron chi connectivity index (χ2n) is 5.44. The number of hydrogen-bond donors (Lipinski definition) is 1. The molecular formula is C16H25N3. The fraction of sp³-hybridized carbons (Fsp3) is 0.625. The highest BCUT2D eigenvalue weighted by molar-refractivity contribution is 5.32. The third-order valence-corrected chi connectivity index (χ3v) is 3.75. The van der Waals surface area contributed by atoms with Gasteiger partial charge in [0.15, 0.2) is 0 Å². The van der Waals surface area contributed by atoms with Crippen molar-refractivity contribution < 1.29 is 0 Å². The Balaban J connectivity index is 2.30. The third-order valence-electron chi connectivity index (χ3n) is 3.75. The molecule has 1 N–H and O–H groups in total. The molecule has 0 amide bonds. The van der Waals surface area contributed by atoms with Gasteiger partial charge in [-0.3, -0.25) is 0 Å². The van der Waals surface area contributed by atoms with Gasteiger partial charge in [0, 0.05) is 0 Å².